The summed E-state index contributed by atoms with van der Waals surface area (Å²) in [6.45, 7) is 0.207. The highest BCUT2D eigenvalue weighted by Gasteiger charge is 2.10. The van der Waals surface area contributed by atoms with Crippen molar-refractivity contribution in [2.24, 2.45) is 0 Å². The fraction of sp³-hybridized carbons (Fsp3) is 0.0909. The third kappa shape index (κ3) is 2.70. The standard InChI is InChI=1S/C11H10N4O3/c16-9(8-6-14-11(18)15-10(8)17)13-5-7-3-1-2-4-12-7/h1-4,6H,5H2,(H,13,16)(H2,14,15,17,18). The number of hydrogen-bond acceptors (Lipinski definition) is 4. The van der Waals surface area contributed by atoms with Gasteiger partial charge >= 0.3 is 5.69 Å². The maximum Gasteiger partial charge on any atom is 0.325 e. The van der Waals surface area contributed by atoms with Gasteiger partial charge in [-0.05, 0) is 12.1 Å². The van der Waals surface area contributed by atoms with E-state index >= 15 is 0 Å². The summed E-state index contributed by atoms with van der Waals surface area (Å²) >= 11 is 0. The molecule has 7 nitrogen and oxygen atoms in total. The van der Waals surface area contributed by atoms with E-state index in [1.165, 1.54) is 0 Å². The number of hydrogen-bond donors (Lipinski definition) is 3. The average Bonchev–Trinajstić information content (AvgIpc) is 2.37. The molecule has 0 bridgehead atoms. The van der Waals surface area contributed by atoms with Crippen LogP contribution < -0.4 is 16.6 Å². The van der Waals surface area contributed by atoms with Gasteiger partial charge in [0.1, 0.15) is 5.56 Å². The van der Waals surface area contributed by atoms with Crippen LogP contribution in [0.3, 0.4) is 0 Å². The minimum absolute atomic E-state index is 0.148. The smallest absolute Gasteiger partial charge is 0.325 e. The molecule has 0 aliphatic rings. The Labute approximate surface area is 101 Å². The third-order valence-electron chi connectivity index (χ3n) is 2.22. The number of carbonyl (C=O) groups excluding carboxylic acids is 1. The predicted octanol–water partition coefficient (Wildman–Crippen LogP) is -0.612. The molecule has 0 aliphatic carbocycles. The Kier molecular flexibility index (Phi) is 3.33. The van der Waals surface area contributed by atoms with Gasteiger partial charge < -0.3 is 10.3 Å². The van der Waals surface area contributed by atoms with Crippen molar-refractivity contribution in [3.05, 3.63) is 62.7 Å². The molecule has 0 unspecified atom stereocenters. The molecule has 92 valence electrons. The van der Waals surface area contributed by atoms with Crippen molar-refractivity contribution < 1.29 is 4.79 Å². The fourth-order valence-corrected chi connectivity index (χ4v) is 1.35. The largest absolute Gasteiger partial charge is 0.346 e. The van der Waals surface area contributed by atoms with E-state index in [0.717, 1.165) is 6.20 Å². The zero-order chi connectivity index (χ0) is 13.0. The number of aromatic nitrogens is 3. The Balaban J connectivity index is 2.09. The second-order valence-corrected chi connectivity index (χ2v) is 3.49. The molecule has 1 amide bonds. The van der Waals surface area contributed by atoms with Crippen molar-refractivity contribution in [1.29, 1.82) is 0 Å². The Bertz CT molecular complexity index is 660. The van der Waals surface area contributed by atoms with Crippen LogP contribution in [0.5, 0.6) is 0 Å². The van der Waals surface area contributed by atoms with Gasteiger partial charge in [0.15, 0.2) is 0 Å². The Morgan fingerprint density at radius 1 is 1.33 bits per heavy atom. The van der Waals surface area contributed by atoms with E-state index in [9.17, 15) is 14.4 Å². The lowest BCUT2D eigenvalue weighted by molar-refractivity contribution is 0.0948. The number of H-pyrrole nitrogens is 2. The van der Waals surface area contributed by atoms with Crippen LogP contribution in [0.2, 0.25) is 0 Å². The summed E-state index contributed by atoms with van der Waals surface area (Å²) in [5.41, 5.74) is -0.851. The molecule has 0 fully saturated rings. The zero-order valence-corrected chi connectivity index (χ0v) is 9.27. The summed E-state index contributed by atoms with van der Waals surface area (Å²) in [5.74, 6) is -0.571. The van der Waals surface area contributed by atoms with Crippen molar-refractivity contribution >= 4 is 5.91 Å². The van der Waals surface area contributed by atoms with Crippen molar-refractivity contribution in [2.75, 3.05) is 0 Å². The number of rotatable bonds is 3. The van der Waals surface area contributed by atoms with Crippen molar-refractivity contribution in [2.45, 2.75) is 6.54 Å². The lowest BCUT2D eigenvalue weighted by Crippen LogP contribution is -2.33. The summed E-state index contributed by atoms with van der Waals surface area (Å²) in [6.07, 6.45) is 2.68. The molecule has 0 aromatic carbocycles. The van der Waals surface area contributed by atoms with Gasteiger partial charge in [-0.15, -0.1) is 0 Å². The first-order valence-corrected chi connectivity index (χ1v) is 5.17. The molecule has 0 radical (unpaired) electrons. The third-order valence-corrected chi connectivity index (χ3v) is 2.22. The average molecular weight is 246 g/mol. The van der Waals surface area contributed by atoms with Gasteiger partial charge in [0.2, 0.25) is 0 Å². The van der Waals surface area contributed by atoms with Crippen LogP contribution in [-0.4, -0.2) is 20.9 Å². The van der Waals surface area contributed by atoms with Gasteiger partial charge in [-0.1, -0.05) is 6.07 Å². The molecule has 0 saturated carbocycles. The maximum absolute atomic E-state index is 11.7. The van der Waals surface area contributed by atoms with Gasteiger partial charge in [-0.2, -0.15) is 0 Å². The molecule has 18 heavy (non-hydrogen) atoms. The second kappa shape index (κ2) is 5.09. The first kappa shape index (κ1) is 11.8. The molecule has 3 N–H and O–H groups in total. The van der Waals surface area contributed by atoms with Crippen LogP contribution in [-0.2, 0) is 6.54 Å². The van der Waals surface area contributed by atoms with Gasteiger partial charge in [-0.3, -0.25) is 19.6 Å². The normalized spacial score (nSPS) is 10.0. The van der Waals surface area contributed by atoms with Crippen LogP contribution in [0.1, 0.15) is 16.1 Å². The van der Waals surface area contributed by atoms with E-state index in [1.54, 1.807) is 24.4 Å². The van der Waals surface area contributed by atoms with Crippen LogP contribution in [0, 0.1) is 0 Å². The number of nitrogens with zero attached hydrogens (tertiary/aromatic N) is 1. The summed E-state index contributed by atoms with van der Waals surface area (Å²) in [5, 5.41) is 2.53. The number of pyridine rings is 1. The number of aromatic amines is 2. The lowest BCUT2D eigenvalue weighted by Gasteiger charge is -2.03. The van der Waals surface area contributed by atoms with Gasteiger partial charge in [-0.25, -0.2) is 4.79 Å². The van der Waals surface area contributed by atoms with Crippen molar-refractivity contribution in [3.63, 3.8) is 0 Å². The lowest BCUT2D eigenvalue weighted by atomic mass is 10.3. The summed E-state index contributed by atoms with van der Waals surface area (Å²) in [7, 11) is 0. The molecule has 2 aromatic rings. The number of amides is 1. The van der Waals surface area contributed by atoms with Crippen LogP contribution >= 0.6 is 0 Å². The number of nitrogens with one attached hydrogen (secondary N) is 3. The molecular weight excluding hydrogens is 236 g/mol. The Hall–Kier alpha value is -2.70. The Morgan fingerprint density at radius 3 is 2.83 bits per heavy atom. The highest BCUT2D eigenvalue weighted by atomic mass is 16.2. The topological polar surface area (TPSA) is 108 Å². The van der Waals surface area contributed by atoms with Crippen molar-refractivity contribution in [3.8, 4) is 0 Å². The van der Waals surface area contributed by atoms with Crippen LogP contribution in [0.4, 0.5) is 0 Å². The van der Waals surface area contributed by atoms with E-state index in [-0.39, 0.29) is 12.1 Å². The zero-order valence-electron chi connectivity index (χ0n) is 9.27. The monoisotopic (exact) mass is 246 g/mol. The molecule has 7 heteroatoms. The minimum Gasteiger partial charge on any atom is -0.346 e. The van der Waals surface area contributed by atoms with E-state index in [1.807, 2.05) is 4.98 Å². The summed E-state index contributed by atoms with van der Waals surface area (Å²) < 4.78 is 0. The van der Waals surface area contributed by atoms with Gasteiger partial charge in [0.25, 0.3) is 11.5 Å². The second-order valence-electron chi connectivity index (χ2n) is 3.49. The number of carbonyl (C=O) groups is 1. The van der Waals surface area contributed by atoms with E-state index in [0.29, 0.717) is 5.69 Å². The highest BCUT2D eigenvalue weighted by molar-refractivity contribution is 5.93. The molecule has 2 heterocycles. The molecular formula is C11H10N4O3. The first-order valence-electron chi connectivity index (χ1n) is 5.17. The molecule has 2 rings (SSSR count). The minimum atomic E-state index is -0.725. The van der Waals surface area contributed by atoms with Gasteiger partial charge in [0, 0.05) is 12.4 Å². The SMILES string of the molecule is O=C(NCc1ccccn1)c1c[nH]c(=O)[nH]c1=O. The maximum atomic E-state index is 11.7. The quantitative estimate of drug-likeness (QED) is 0.671. The molecule has 0 aliphatic heterocycles. The Morgan fingerprint density at radius 2 is 2.17 bits per heavy atom. The molecule has 0 spiro atoms. The van der Waals surface area contributed by atoms with E-state index in [4.69, 9.17) is 0 Å². The fourth-order valence-electron chi connectivity index (χ4n) is 1.35. The molecule has 2 aromatic heterocycles. The van der Waals surface area contributed by atoms with E-state index < -0.39 is 17.2 Å². The molecule has 0 saturated heterocycles. The highest BCUT2D eigenvalue weighted by Crippen LogP contribution is 1.93. The van der Waals surface area contributed by atoms with Crippen LogP contribution in [0.25, 0.3) is 0 Å². The summed E-state index contributed by atoms with van der Waals surface area (Å²) in [6, 6.07) is 5.30. The van der Waals surface area contributed by atoms with E-state index in [2.05, 4.69) is 15.3 Å². The van der Waals surface area contributed by atoms with Gasteiger partial charge in [0.05, 0.1) is 12.2 Å². The van der Waals surface area contributed by atoms with Crippen molar-refractivity contribution in [1.82, 2.24) is 20.3 Å². The first-order chi connectivity index (χ1) is 8.66. The molecule has 0 atom stereocenters. The predicted molar refractivity (Wildman–Crippen MR) is 63.1 cm³/mol. The summed E-state index contributed by atoms with van der Waals surface area (Å²) in [4.78, 5) is 42.0. The van der Waals surface area contributed by atoms with Crippen LogP contribution in [0.15, 0.2) is 40.2 Å².